The van der Waals surface area contributed by atoms with Crippen LogP contribution in [-0.4, -0.2) is 37.5 Å². The van der Waals surface area contributed by atoms with Crippen molar-refractivity contribution in [1.82, 2.24) is 10.6 Å². The van der Waals surface area contributed by atoms with Crippen molar-refractivity contribution in [1.29, 1.82) is 0 Å². The third kappa shape index (κ3) is 7.21. The second-order valence-corrected chi connectivity index (χ2v) is 5.92. The summed E-state index contributed by atoms with van der Waals surface area (Å²) in [6.45, 7) is -2.36. The van der Waals surface area contributed by atoms with Gasteiger partial charge >= 0.3 is 12.6 Å². The normalized spacial score (nSPS) is 11.4. The predicted octanol–water partition coefficient (Wildman–Crippen LogP) is 2.44. The summed E-state index contributed by atoms with van der Waals surface area (Å²) in [7, 11) is 0. The van der Waals surface area contributed by atoms with Gasteiger partial charge in [-0.3, -0.25) is 14.4 Å². The molecule has 0 saturated carbocycles. The Bertz CT molecular complexity index is 846. The van der Waals surface area contributed by atoms with Gasteiger partial charge in [-0.1, -0.05) is 42.5 Å². The van der Waals surface area contributed by atoms with E-state index >= 15 is 0 Å². The van der Waals surface area contributed by atoms with Crippen molar-refractivity contribution in [3.8, 4) is 5.75 Å². The van der Waals surface area contributed by atoms with E-state index < -0.39 is 37.5 Å². The Morgan fingerprint density at radius 3 is 2.34 bits per heavy atom. The number of para-hydroxylation sites is 1. The summed E-state index contributed by atoms with van der Waals surface area (Å²) in [5.74, 6) is -2.46. The second-order valence-electron chi connectivity index (χ2n) is 5.92. The molecule has 0 unspecified atom stereocenters. The van der Waals surface area contributed by atoms with Crippen LogP contribution in [0.1, 0.15) is 28.9 Å². The number of carbonyl (C=O) groups excluding carboxylic acids is 3. The minimum Gasteiger partial charge on any atom is -0.454 e. The number of benzene rings is 2. The number of carbonyl (C=O) groups is 3. The summed E-state index contributed by atoms with van der Waals surface area (Å²) in [4.78, 5) is 35.7. The van der Waals surface area contributed by atoms with E-state index in [-0.39, 0.29) is 17.4 Å². The van der Waals surface area contributed by atoms with Crippen molar-refractivity contribution >= 4 is 17.8 Å². The molecule has 0 spiro atoms. The minimum absolute atomic E-state index is 0.157. The van der Waals surface area contributed by atoms with Gasteiger partial charge in [-0.05, 0) is 24.6 Å². The van der Waals surface area contributed by atoms with E-state index in [2.05, 4.69) is 15.4 Å². The summed E-state index contributed by atoms with van der Waals surface area (Å²) in [6, 6.07) is 14.3. The quantitative estimate of drug-likeness (QED) is 0.624. The first-order valence-electron chi connectivity index (χ1n) is 8.68. The summed E-state index contributed by atoms with van der Waals surface area (Å²) in [5.41, 5.74) is 0.735. The average Bonchev–Trinajstić information content (AvgIpc) is 2.71. The molecule has 2 aromatic carbocycles. The Hall–Kier alpha value is -3.49. The van der Waals surface area contributed by atoms with Crippen molar-refractivity contribution < 1.29 is 32.6 Å². The molecule has 2 aromatic rings. The van der Waals surface area contributed by atoms with Crippen LogP contribution < -0.4 is 15.4 Å². The zero-order valence-electron chi connectivity index (χ0n) is 15.6. The topological polar surface area (TPSA) is 93.7 Å². The Morgan fingerprint density at radius 2 is 1.66 bits per heavy atom. The smallest absolute Gasteiger partial charge is 0.387 e. The Balaban J connectivity index is 1.77. The van der Waals surface area contributed by atoms with Gasteiger partial charge in [0.05, 0.1) is 11.6 Å². The molecule has 154 valence electrons. The van der Waals surface area contributed by atoms with E-state index in [4.69, 9.17) is 4.74 Å². The highest BCUT2D eigenvalue weighted by Crippen LogP contribution is 2.20. The highest BCUT2D eigenvalue weighted by atomic mass is 19.3. The molecule has 1 atom stereocenters. The zero-order chi connectivity index (χ0) is 21.2. The fourth-order valence-electron chi connectivity index (χ4n) is 2.41. The van der Waals surface area contributed by atoms with Gasteiger partial charge < -0.3 is 20.1 Å². The van der Waals surface area contributed by atoms with Crippen LogP contribution in [0.15, 0.2) is 54.6 Å². The van der Waals surface area contributed by atoms with E-state index in [0.29, 0.717) is 0 Å². The highest BCUT2D eigenvalue weighted by Gasteiger charge is 2.17. The Morgan fingerprint density at radius 1 is 1.00 bits per heavy atom. The number of hydrogen-bond donors (Lipinski definition) is 2. The maximum atomic E-state index is 12.4. The first kappa shape index (κ1) is 21.8. The molecule has 2 rings (SSSR count). The van der Waals surface area contributed by atoms with Crippen molar-refractivity contribution in [2.45, 2.75) is 19.6 Å². The molecule has 0 radical (unpaired) electrons. The Kier molecular flexibility index (Phi) is 8.08. The maximum absolute atomic E-state index is 12.4. The second kappa shape index (κ2) is 10.7. The number of amides is 2. The molecule has 0 aliphatic heterocycles. The summed E-state index contributed by atoms with van der Waals surface area (Å²) in [5, 5.41) is 4.91. The maximum Gasteiger partial charge on any atom is 0.387 e. The van der Waals surface area contributed by atoms with Crippen LogP contribution in [0, 0.1) is 0 Å². The average molecular weight is 406 g/mol. The number of rotatable bonds is 9. The lowest BCUT2D eigenvalue weighted by molar-refractivity contribution is -0.147. The molecule has 0 heterocycles. The van der Waals surface area contributed by atoms with Gasteiger partial charge in [-0.25, -0.2) is 0 Å². The van der Waals surface area contributed by atoms with Gasteiger partial charge in [0.2, 0.25) is 0 Å². The van der Waals surface area contributed by atoms with E-state index in [9.17, 15) is 23.2 Å². The van der Waals surface area contributed by atoms with Crippen LogP contribution in [0.25, 0.3) is 0 Å². The van der Waals surface area contributed by atoms with Crippen LogP contribution in [0.4, 0.5) is 8.78 Å². The monoisotopic (exact) mass is 406 g/mol. The van der Waals surface area contributed by atoms with Crippen molar-refractivity contribution in [2.75, 3.05) is 13.2 Å². The van der Waals surface area contributed by atoms with Crippen molar-refractivity contribution in [3.63, 3.8) is 0 Å². The van der Waals surface area contributed by atoms with Gasteiger partial charge in [-0.15, -0.1) is 0 Å². The number of esters is 1. The van der Waals surface area contributed by atoms with Crippen LogP contribution in [-0.2, 0) is 14.3 Å². The van der Waals surface area contributed by atoms with E-state index in [1.807, 2.05) is 30.3 Å². The van der Waals surface area contributed by atoms with Gasteiger partial charge in [0, 0.05) is 0 Å². The van der Waals surface area contributed by atoms with Crippen LogP contribution in [0.2, 0.25) is 0 Å². The first-order chi connectivity index (χ1) is 13.9. The van der Waals surface area contributed by atoms with Gasteiger partial charge in [0.1, 0.15) is 12.3 Å². The molecule has 0 aliphatic carbocycles. The SMILES string of the molecule is C[C@H](NC(=O)COC(=O)CNC(=O)c1ccccc1OC(F)F)c1ccccc1. The van der Waals surface area contributed by atoms with Gasteiger partial charge in [-0.2, -0.15) is 8.78 Å². The van der Waals surface area contributed by atoms with Crippen LogP contribution in [0.3, 0.4) is 0 Å². The summed E-state index contributed by atoms with van der Waals surface area (Å²) in [6.07, 6.45) is 0. The van der Waals surface area contributed by atoms with Gasteiger partial charge in [0.25, 0.3) is 11.8 Å². The number of hydrogen-bond acceptors (Lipinski definition) is 5. The lowest BCUT2D eigenvalue weighted by Crippen LogP contribution is -2.35. The molecule has 0 aromatic heterocycles. The number of ether oxygens (including phenoxy) is 2. The molecule has 0 fully saturated rings. The number of alkyl halides is 2. The molecular weight excluding hydrogens is 386 g/mol. The third-order valence-corrected chi connectivity index (χ3v) is 3.78. The minimum atomic E-state index is -3.09. The molecule has 0 bridgehead atoms. The number of halogens is 2. The van der Waals surface area contributed by atoms with Crippen LogP contribution >= 0.6 is 0 Å². The predicted molar refractivity (Wildman–Crippen MR) is 99.4 cm³/mol. The van der Waals surface area contributed by atoms with E-state index in [1.54, 1.807) is 6.92 Å². The molecule has 29 heavy (non-hydrogen) atoms. The molecular formula is C20H20F2N2O5. The largest absolute Gasteiger partial charge is 0.454 e. The number of nitrogens with one attached hydrogen (secondary N) is 2. The summed E-state index contributed by atoms with van der Waals surface area (Å²) < 4.78 is 33.8. The first-order valence-corrected chi connectivity index (χ1v) is 8.68. The summed E-state index contributed by atoms with van der Waals surface area (Å²) >= 11 is 0. The molecule has 9 heteroatoms. The lowest BCUT2D eigenvalue weighted by atomic mass is 10.1. The third-order valence-electron chi connectivity index (χ3n) is 3.78. The fourth-order valence-corrected chi connectivity index (χ4v) is 2.41. The van der Waals surface area contributed by atoms with Crippen LogP contribution in [0.5, 0.6) is 5.75 Å². The lowest BCUT2D eigenvalue weighted by Gasteiger charge is -2.14. The van der Waals surface area contributed by atoms with Gasteiger partial charge in [0.15, 0.2) is 6.61 Å². The van der Waals surface area contributed by atoms with E-state index in [1.165, 1.54) is 24.3 Å². The fraction of sp³-hybridized carbons (Fsp3) is 0.250. The molecule has 7 nitrogen and oxygen atoms in total. The zero-order valence-corrected chi connectivity index (χ0v) is 15.6. The van der Waals surface area contributed by atoms with E-state index in [0.717, 1.165) is 5.56 Å². The molecule has 0 saturated heterocycles. The highest BCUT2D eigenvalue weighted by molar-refractivity contribution is 5.98. The molecule has 2 amide bonds. The van der Waals surface area contributed by atoms with Crippen molar-refractivity contribution in [3.05, 3.63) is 65.7 Å². The van der Waals surface area contributed by atoms with Crippen molar-refractivity contribution in [2.24, 2.45) is 0 Å². The molecule has 0 aliphatic rings. The Labute approximate surface area is 166 Å². The molecule has 2 N–H and O–H groups in total. The standard InChI is InChI=1S/C20H20F2N2O5/c1-13(14-7-3-2-4-8-14)24-17(25)12-28-18(26)11-23-19(27)15-9-5-6-10-16(15)29-20(21)22/h2-10,13,20H,11-12H2,1H3,(H,23,27)(H,24,25)/t13-/m0/s1.